The maximum atomic E-state index is 5.70. The molecule has 0 bridgehead atoms. The van der Waals surface area contributed by atoms with Crippen LogP contribution in [0.25, 0.3) is 0 Å². The van der Waals surface area contributed by atoms with Gasteiger partial charge in [0.05, 0.1) is 28.4 Å². The van der Waals surface area contributed by atoms with Crippen molar-refractivity contribution >= 4 is 47.7 Å². The number of rotatable bonds is 16. The van der Waals surface area contributed by atoms with Gasteiger partial charge in [-0.25, -0.2) is 10.6 Å². The van der Waals surface area contributed by atoms with E-state index in [1.54, 1.807) is 28.4 Å². The topological polar surface area (TPSA) is 43.4 Å². The van der Waals surface area contributed by atoms with Gasteiger partial charge in [0.1, 0.15) is 23.0 Å². The van der Waals surface area contributed by atoms with Crippen LogP contribution in [0.15, 0.2) is 133 Å². The van der Waals surface area contributed by atoms with Gasteiger partial charge in [-0.2, -0.15) is 0 Å². The van der Waals surface area contributed by atoms with E-state index in [9.17, 15) is 0 Å². The number of aryl methyl sites for hydroxylation is 8. The van der Waals surface area contributed by atoms with Crippen molar-refractivity contribution in [2.24, 2.45) is 0 Å². The standard InChI is InChI=1S/2C32H36NO2P.Fe/c2*1-21-17-26(18-22(2)31(21)34-7)36(27-19-23(3)32(35-8)24(4)20-27)29-16-12-15-28(29)30(33(5)6)25-13-10-9-11-14-25;/h9-11,13-20,30H,1-8H3;9-14,16-20,30H,1-8H3;/q2*-2;+4/t2*30-;/m11./s1. The SMILES string of the molecule is COc1c(C)cc(P(c2cc(C)c(OC)c(C)c2)[c-]2c[c-]cc2[C@@H](c2ccccc2)N(C)C)cc1C.COc1c(C)cc(P(c2cc(C)c(OC)c(C)c2)[c-]2cc[c-]c2[C@@H](c2ccccc2)N(C)C)cc1C.[Fe+4]. The van der Waals surface area contributed by atoms with Gasteiger partial charge < -0.3 is 59.1 Å². The molecule has 0 radical (unpaired) electrons. The number of nitrogens with zero attached hydrogens (tertiary/aromatic N) is 2. The summed E-state index contributed by atoms with van der Waals surface area (Å²) in [5, 5.41) is 7.93. The second-order valence-corrected chi connectivity index (χ2v) is 23.6. The maximum absolute atomic E-state index is 5.70. The molecule has 0 aliphatic heterocycles. The molecule has 0 N–H and O–H groups in total. The number of methoxy groups -OCH3 is 4. The zero-order valence-electron chi connectivity index (χ0n) is 45.6. The summed E-state index contributed by atoms with van der Waals surface area (Å²) < 4.78 is 22.8. The number of hydrogen-bond acceptors (Lipinski definition) is 6. The van der Waals surface area contributed by atoms with Crippen LogP contribution in [-0.4, -0.2) is 66.4 Å². The Balaban J connectivity index is 0.000000235. The van der Waals surface area contributed by atoms with Crippen LogP contribution in [0.4, 0.5) is 0 Å². The van der Waals surface area contributed by atoms with E-state index in [-0.39, 0.29) is 29.2 Å². The molecule has 6 nitrogen and oxygen atoms in total. The normalized spacial score (nSPS) is 12.1. The van der Waals surface area contributed by atoms with Crippen LogP contribution in [0.3, 0.4) is 0 Å². The monoisotopic (exact) mass is 1050 g/mol. The quantitative estimate of drug-likeness (QED) is 0.0546. The summed E-state index contributed by atoms with van der Waals surface area (Å²) in [6.45, 7) is 17.1. The Hall–Kier alpha value is -5.48. The van der Waals surface area contributed by atoms with Crippen LogP contribution in [0.2, 0.25) is 0 Å². The fraction of sp³-hybridized carbons (Fsp3) is 0.281. The van der Waals surface area contributed by atoms with Crippen molar-refractivity contribution in [1.29, 1.82) is 0 Å². The van der Waals surface area contributed by atoms with Crippen molar-refractivity contribution < 1.29 is 36.0 Å². The molecule has 0 amide bonds. The Morgan fingerprint density at radius 1 is 0.452 bits per heavy atom. The number of ether oxygens (including phenoxy) is 4. The first-order valence-corrected chi connectivity index (χ1v) is 27.2. The second kappa shape index (κ2) is 25.2. The van der Waals surface area contributed by atoms with Crippen LogP contribution in [0.1, 0.15) is 78.8 Å². The summed E-state index contributed by atoms with van der Waals surface area (Å²) in [7, 11) is 13.9. The van der Waals surface area contributed by atoms with Gasteiger partial charge in [-0.3, -0.25) is 17.2 Å². The van der Waals surface area contributed by atoms with Crippen LogP contribution in [0.5, 0.6) is 23.0 Å². The Kier molecular flexibility index (Phi) is 19.6. The van der Waals surface area contributed by atoms with Gasteiger partial charge in [0, 0.05) is 12.1 Å². The van der Waals surface area contributed by atoms with Gasteiger partial charge >= 0.3 is 17.1 Å². The van der Waals surface area contributed by atoms with E-state index in [2.05, 4.69) is 239 Å². The van der Waals surface area contributed by atoms with Gasteiger partial charge in [-0.15, -0.1) is 15.8 Å². The summed E-state index contributed by atoms with van der Waals surface area (Å²) in [4.78, 5) is 4.58. The fourth-order valence-electron chi connectivity index (χ4n) is 10.7. The second-order valence-electron chi connectivity index (χ2n) is 19.2. The predicted octanol–water partition coefficient (Wildman–Crippen LogP) is 11.7. The Bertz CT molecular complexity index is 2680. The summed E-state index contributed by atoms with van der Waals surface area (Å²) in [5.41, 5.74) is 14.3. The first kappa shape index (κ1) is 56.8. The first-order chi connectivity index (χ1) is 34.5. The fourth-order valence-corrected chi connectivity index (χ4v) is 16.3. The number of benzene rings is 6. The van der Waals surface area contributed by atoms with Crippen molar-refractivity contribution in [1.82, 2.24) is 9.80 Å². The van der Waals surface area contributed by atoms with Crippen molar-refractivity contribution in [3.8, 4) is 23.0 Å². The molecule has 8 aromatic rings. The minimum atomic E-state index is -0.846. The molecule has 0 unspecified atom stereocenters. The van der Waals surface area contributed by atoms with E-state index in [0.717, 1.165) is 67.5 Å². The molecule has 8 aromatic carbocycles. The van der Waals surface area contributed by atoms with Crippen molar-refractivity contribution in [3.05, 3.63) is 212 Å². The average Bonchev–Trinajstić information content (AvgIpc) is 4.00. The molecule has 380 valence electrons. The molecular weight excluding hydrogens is 979 g/mol. The molecule has 0 fully saturated rings. The van der Waals surface area contributed by atoms with Crippen LogP contribution >= 0.6 is 15.8 Å². The maximum Gasteiger partial charge on any atom is 4.00 e. The molecule has 0 saturated carbocycles. The Labute approximate surface area is 450 Å². The van der Waals surface area contributed by atoms with Gasteiger partial charge in [-0.1, -0.05) is 60.7 Å². The molecule has 8 rings (SSSR count). The minimum absolute atomic E-state index is 0. The van der Waals surface area contributed by atoms with E-state index in [1.165, 1.54) is 54.1 Å². The zero-order chi connectivity index (χ0) is 52.0. The van der Waals surface area contributed by atoms with Gasteiger partial charge in [-0.05, 0) is 209 Å². The summed E-state index contributed by atoms with van der Waals surface area (Å²) in [6.07, 6.45) is 0. The summed E-state index contributed by atoms with van der Waals surface area (Å²) >= 11 is 0. The first-order valence-electron chi connectivity index (χ1n) is 24.5. The largest absolute Gasteiger partial charge is 4.00 e. The molecular formula is C64H72FeN2O4P2. The summed E-state index contributed by atoms with van der Waals surface area (Å²) in [6, 6.07) is 56.0. The van der Waals surface area contributed by atoms with Crippen LogP contribution in [0, 0.1) is 67.5 Å². The van der Waals surface area contributed by atoms with E-state index >= 15 is 0 Å². The van der Waals surface area contributed by atoms with Crippen LogP contribution in [-0.2, 0) is 17.1 Å². The molecule has 0 aliphatic carbocycles. The molecule has 0 saturated heterocycles. The Morgan fingerprint density at radius 3 is 1.08 bits per heavy atom. The van der Waals surface area contributed by atoms with Gasteiger partial charge in [0.15, 0.2) is 0 Å². The third-order valence-corrected chi connectivity index (χ3v) is 18.3. The van der Waals surface area contributed by atoms with Gasteiger partial charge in [0.2, 0.25) is 0 Å². The molecule has 0 spiro atoms. The number of hydrogen-bond donors (Lipinski definition) is 0. The van der Waals surface area contributed by atoms with E-state index in [1.807, 2.05) is 0 Å². The average molecular weight is 1050 g/mol. The molecule has 0 heterocycles. The molecule has 2 atom stereocenters. The third kappa shape index (κ3) is 12.2. The van der Waals surface area contributed by atoms with Gasteiger partial charge in [0.25, 0.3) is 0 Å². The molecule has 9 heteroatoms. The van der Waals surface area contributed by atoms with E-state index in [4.69, 9.17) is 18.9 Å². The summed E-state index contributed by atoms with van der Waals surface area (Å²) in [5.74, 6) is 3.84. The van der Waals surface area contributed by atoms with Crippen molar-refractivity contribution in [3.63, 3.8) is 0 Å². The van der Waals surface area contributed by atoms with E-state index < -0.39 is 15.8 Å². The smallest absolute Gasteiger partial charge is 0.496 e. The van der Waals surface area contributed by atoms with Crippen molar-refractivity contribution in [2.45, 2.75) is 67.5 Å². The minimum Gasteiger partial charge on any atom is -0.496 e. The molecule has 0 aliphatic rings. The molecule has 0 aromatic heterocycles. The van der Waals surface area contributed by atoms with Crippen molar-refractivity contribution in [2.75, 3.05) is 56.6 Å². The molecule has 73 heavy (non-hydrogen) atoms. The Morgan fingerprint density at radius 2 is 0.767 bits per heavy atom. The van der Waals surface area contributed by atoms with Crippen LogP contribution < -0.4 is 50.8 Å². The third-order valence-electron chi connectivity index (χ3n) is 13.5. The van der Waals surface area contributed by atoms with E-state index in [0.29, 0.717) is 0 Å². The predicted molar refractivity (Wildman–Crippen MR) is 307 cm³/mol. The zero-order valence-corrected chi connectivity index (χ0v) is 48.5.